The normalized spacial score (nSPS) is 12.6. The van der Waals surface area contributed by atoms with Gasteiger partial charge < -0.3 is 0 Å². The number of hydrogen-bond donors (Lipinski definition) is 0. The van der Waals surface area contributed by atoms with Gasteiger partial charge in [0.05, 0.1) is 10.8 Å². The summed E-state index contributed by atoms with van der Waals surface area (Å²) < 4.78 is 11.9. The van der Waals surface area contributed by atoms with Crippen LogP contribution in [0.4, 0.5) is 0 Å². The first kappa shape index (κ1) is 14.9. The summed E-state index contributed by atoms with van der Waals surface area (Å²) in [5, 5.41) is 1.10. The number of benzene rings is 1. The Morgan fingerprint density at radius 3 is 2.24 bits per heavy atom. The summed E-state index contributed by atoms with van der Waals surface area (Å²) in [6, 6.07) is 8.03. The van der Waals surface area contributed by atoms with E-state index in [-0.39, 0.29) is 0 Å². The van der Waals surface area contributed by atoms with Crippen LogP contribution < -0.4 is 0 Å². The summed E-state index contributed by atoms with van der Waals surface area (Å²) in [4.78, 5) is 0.969. The molecule has 0 amide bonds. The molecule has 17 heavy (non-hydrogen) atoms. The van der Waals surface area contributed by atoms with E-state index in [1.807, 2.05) is 24.3 Å². The van der Waals surface area contributed by atoms with Crippen LogP contribution >= 0.6 is 15.9 Å². The van der Waals surface area contributed by atoms with Gasteiger partial charge in [0.15, 0.2) is 0 Å². The van der Waals surface area contributed by atoms with Crippen LogP contribution in [0.5, 0.6) is 0 Å². The van der Waals surface area contributed by atoms with Crippen LogP contribution in [0.1, 0.15) is 37.7 Å². The van der Waals surface area contributed by atoms with E-state index in [1.54, 1.807) is 0 Å². The molecular formula is C14H21BrOS. The molecule has 0 heterocycles. The van der Waals surface area contributed by atoms with E-state index < -0.39 is 10.8 Å². The molecule has 1 aromatic rings. The molecule has 1 rings (SSSR count). The molecule has 0 spiro atoms. The maximum atomic E-state index is 11.9. The first-order chi connectivity index (χ1) is 8.24. The maximum Gasteiger partial charge on any atom is 0.0529 e. The second-order valence-corrected chi connectivity index (χ2v) is 6.68. The van der Waals surface area contributed by atoms with Gasteiger partial charge in [-0.2, -0.15) is 0 Å². The van der Waals surface area contributed by atoms with Crippen molar-refractivity contribution >= 4 is 26.7 Å². The van der Waals surface area contributed by atoms with E-state index in [2.05, 4.69) is 22.9 Å². The van der Waals surface area contributed by atoms with Gasteiger partial charge in [-0.05, 0) is 31.9 Å². The molecule has 1 nitrogen and oxygen atoms in total. The second kappa shape index (κ2) is 8.87. The monoisotopic (exact) mass is 316 g/mol. The molecule has 0 fully saturated rings. The maximum absolute atomic E-state index is 11.9. The first-order valence-electron chi connectivity index (χ1n) is 6.25. The van der Waals surface area contributed by atoms with Crippen molar-refractivity contribution in [1.29, 1.82) is 0 Å². The zero-order valence-corrected chi connectivity index (χ0v) is 12.9. The molecule has 0 bridgehead atoms. The van der Waals surface area contributed by atoms with Crippen molar-refractivity contribution in [2.75, 3.05) is 11.1 Å². The third-order valence-electron chi connectivity index (χ3n) is 2.75. The average molecular weight is 317 g/mol. The third kappa shape index (κ3) is 6.37. The largest absolute Gasteiger partial charge is 0.254 e. The highest BCUT2D eigenvalue weighted by Crippen LogP contribution is 2.11. The Morgan fingerprint density at radius 2 is 1.59 bits per heavy atom. The molecule has 1 aromatic carbocycles. The van der Waals surface area contributed by atoms with Crippen LogP contribution in [0.15, 0.2) is 29.2 Å². The minimum Gasteiger partial charge on any atom is -0.254 e. The zero-order valence-electron chi connectivity index (χ0n) is 10.5. The van der Waals surface area contributed by atoms with Gasteiger partial charge in [0.1, 0.15) is 0 Å². The summed E-state index contributed by atoms with van der Waals surface area (Å²) in [6.07, 6.45) is 6.06. The molecule has 0 N–H and O–H groups in total. The summed E-state index contributed by atoms with van der Waals surface area (Å²) in [7, 11) is -0.808. The molecule has 96 valence electrons. The molecule has 0 radical (unpaired) electrons. The molecule has 3 heteroatoms. The fraction of sp³-hybridized carbons (Fsp3) is 0.571. The summed E-state index contributed by atoms with van der Waals surface area (Å²) >= 11 is 3.43. The minimum absolute atomic E-state index is 0.803. The van der Waals surface area contributed by atoms with Gasteiger partial charge in [0.2, 0.25) is 0 Å². The van der Waals surface area contributed by atoms with E-state index in [9.17, 15) is 4.21 Å². The van der Waals surface area contributed by atoms with Gasteiger partial charge in [-0.15, -0.1) is 0 Å². The van der Waals surface area contributed by atoms with E-state index in [1.165, 1.54) is 31.2 Å². The average Bonchev–Trinajstić information content (AvgIpc) is 2.34. The molecule has 1 atom stereocenters. The summed E-state index contributed by atoms with van der Waals surface area (Å²) in [5.74, 6) is 0.803. The van der Waals surface area contributed by atoms with E-state index in [0.29, 0.717) is 0 Å². The molecule has 0 saturated carbocycles. The van der Waals surface area contributed by atoms with Gasteiger partial charge in [0, 0.05) is 16.0 Å². The van der Waals surface area contributed by atoms with E-state index >= 15 is 0 Å². The molecule has 0 aliphatic carbocycles. The van der Waals surface area contributed by atoms with Crippen LogP contribution in [0.25, 0.3) is 0 Å². The first-order valence-corrected chi connectivity index (χ1v) is 8.69. The lowest BCUT2D eigenvalue weighted by Crippen LogP contribution is -1.98. The standard InChI is InChI=1S/C14H21BrOS/c1-13-7-9-14(10-8-13)17(16)12-6-4-2-3-5-11-15/h7-10H,2-6,11-12H2,1H3. The van der Waals surface area contributed by atoms with Crippen LogP contribution in [-0.2, 0) is 10.8 Å². The predicted octanol–water partition coefficient (Wildman–Crippen LogP) is 4.45. The number of aryl methyl sites for hydroxylation is 1. The Labute approximate surface area is 116 Å². The smallest absolute Gasteiger partial charge is 0.0529 e. The fourth-order valence-corrected chi connectivity index (χ4v) is 3.20. The van der Waals surface area contributed by atoms with Crippen molar-refractivity contribution in [2.45, 2.75) is 43.9 Å². The molecule has 0 saturated heterocycles. The van der Waals surface area contributed by atoms with Crippen LogP contribution in [0.2, 0.25) is 0 Å². The van der Waals surface area contributed by atoms with Crippen molar-refractivity contribution in [3.8, 4) is 0 Å². The minimum atomic E-state index is -0.808. The van der Waals surface area contributed by atoms with Crippen molar-refractivity contribution in [3.05, 3.63) is 29.8 Å². The third-order valence-corrected chi connectivity index (χ3v) is 4.77. The van der Waals surface area contributed by atoms with E-state index in [0.717, 1.165) is 22.4 Å². The highest BCUT2D eigenvalue weighted by atomic mass is 79.9. The van der Waals surface area contributed by atoms with Crippen molar-refractivity contribution < 1.29 is 4.21 Å². The number of rotatable bonds is 8. The quantitative estimate of drug-likeness (QED) is 0.511. The number of unbranched alkanes of at least 4 members (excludes halogenated alkanes) is 4. The highest BCUT2D eigenvalue weighted by Gasteiger charge is 2.02. The SMILES string of the molecule is Cc1ccc(S(=O)CCCCCCCBr)cc1. The van der Waals surface area contributed by atoms with Gasteiger partial charge in [0.25, 0.3) is 0 Å². The van der Waals surface area contributed by atoms with Gasteiger partial charge in [-0.25, -0.2) is 0 Å². The Bertz CT molecular complexity index is 335. The Kier molecular flexibility index (Phi) is 7.78. The Balaban J connectivity index is 2.19. The predicted molar refractivity (Wildman–Crippen MR) is 79.3 cm³/mol. The molecule has 0 aromatic heterocycles. The fourth-order valence-electron chi connectivity index (χ4n) is 1.67. The Hall–Kier alpha value is -0.150. The molecular weight excluding hydrogens is 296 g/mol. The second-order valence-electron chi connectivity index (χ2n) is 4.32. The van der Waals surface area contributed by atoms with Crippen molar-refractivity contribution in [3.63, 3.8) is 0 Å². The van der Waals surface area contributed by atoms with Gasteiger partial charge in [-0.1, -0.05) is 52.9 Å². The lowest BCUT2D eigenvalue weighted by molar-refractivity contribution is 0.650. The van der Waals surface area contributed by atoms with Gasteiger partial charge >= 0.3 is 0 Å². The highest BCUT2D eigenvalue weighted by molar-refractivity contribution is 9.09. The van der Waals surface area contributed by atoms with E-state index in [4.69, 9.17) is 0 Å². The summed E-state index contributed by atoms with van der Waals surface area (Å²) in [6.45, 7) is 2.05. The summed E-state index contributed by atoms with van der Waals surface area (Å²) in [5.41, 5.74) is 1.22. The number of hydrogen-bond acceptors (Lipinski definition) is 1. The van der Waals surface area contributed by atoms with Gasteiger partial charge in [-0.3, -0.25) is 4.21 Å². The zero-order chi connectivity index (χ0) is 12.5. The van der Waals surface area contributed by atoms with Crippen molar-refractivity contribution in [2.24, 2.45) is 0 Å². The molecule has 0 aliphatic rings. The Morgan fingerprint density at radius 1 is 1.00 bits per heavy atom. The molecule has 0 aliphatic heterocycles. The van der Waals surface area contributed by atoms with Crippen molar-refractivity contribution in [1.82, 2.24) is 0 Å². The van der Waals surface area contributed by atoms with Crippen LogP contribution in [0, 0.1) is 6.92 Å². The molecule has 1 unspecified atom stereocenters. The number of halogens is 1. The van der Waals surface area contributed by atoms with Crippen LogP contribution in [-0.4, -0.2) is 15.3 Å². The lowest BCUT2D eigenvalue weighted by Gasteiger charge is -2.03. The lowest BCUT2D eigenvalue weighted by atomic mass is 10.2. The topological polar surface area (TPSA) is 17.1 Å². The van der Waals surface area contributed by atoms with Crippen LogP contribution in [0.3, 0.4) is 0 Å². The number of alkyl halides is 1.